The number of nitrogens with two attached hydrogens (primary N) is 1. The fourth-order valence-electron chi connectivity index (χ4n) is 1.92. The van der Waals surface area contributed by atoms with Gasteiger partial charge in [0.25, 0.3) is 0 Å². The molecule has 16 heavy (non-hydrogen) atoms. The number of rotatable bonds is 0. The van der Waals surface area contributed by atoms with Gasteiger partial charge in [-0.1, -0.05) is 18.2 Å². The molecule has 0 atom stereocenters. The summed E-state index contributed by atoms with van der Waals surface area (Å²) < 4.78 is 5.38. The highest BCUT2D eigenvalue weighted by Crippen LogP contribution is 2.30. The smallest absolute Gasteiger partial charge is 0.130 e. The summed E-state index contributed by atoms with van der Waals surface area (Å²) >= 11 is 0. The summed E-state index contributed by atoms with van der Waals surface area (Å²) in [5.41, 5.74) is 9.06. The third kappa shape index (κ3) is 1.55. The summed E-state index contributed by atoms with van der Waals surface area (Å²) in [6.07, 6.45) is 0. The number of pyridine rings is 1. The zero-order valence-corrected chi connectivity index (χ0v) is 9.07. The van der Waals surface area contributed by atoms with Crippen LogP contribution in [0.15, 0.2) is 37.4 Å². The maximum Gasteiger partial charge on any atom is 0.130 e. The molecule has 0 amide bonds. The molecule has 3 heteroatoms. The van der Waals surface area contributed by atoms with Crippen LogP contribution in [0, 0.1) is 0 Å². The Morgan fingerprint density at radius 2 is 1.81 bits per heavy atom. The lowest BCUT2D eigenvalue weighted by atomic mass is 10.1. The zero-order valence-electron chi connectivity index (χ0n) is 9.07. The van der Waals surface area contributed by atoms with E-state index in [0.717, 1.165) is 16.5 Å². The number of aromatic nitrogens is 1. The number of benzene rings is 1. The highest BCUT2D eigenvalue weighted by molar-refractivity contribution is 5.85. The summed E-state index contributed by atoms with van der Waals surface area (Å²) in [7, 11) is 0. The van der Waals surface area contributed by atoms with Crippen molar-refractivity contribution in [3.63, 3.8) is 0 Å². The van der Waals surface area contributed by atoms with Crippen molar-refractivity contribution in [3.05, 3.63) is 48.6 Å². The monoisotopic (exact) mass is 214 g/mol. The normalized spacial score (nSPS) is 13.0. The lowest BCUT2D eigenvalue weighted by Gasteiger charge is -2.05. The number of fused-ring (bicyclic) bond motifs is 3. The molecule has 1 aliphatic heterocycles. The van der Waals surface area contributed by atoms with Gasteiger partial charge in [0.2, 0.25) is 0 Å². The molecule has 0 spiro atoms. The maximum absolute atomic E-state index is 5.85. The Morgan fingerprint density at radius 1 is 1.12 bits per heavy atom. The second-order valence-electron chi connectivity index (χ2n) is 3.46. The molecule has 0 saturated carbocycles. The average molecular weight is 214 g/mol. The van der Waals surface area contributed by atoms with Crippen LogP contribution in [-0.2, 0) is 18.0 Å². The van der Waals surface area contributed by atoms with Crippen molar-refractivity contribution in [2.45, 2.75) is 13.2 Å². The van der Waals surface area contributed by atoms with E-state index >= 15 is 0 Å². The van der Waals surface area contributed by atoms with E-state index in [4.69, 9.17) is 10.5 Å². The van der Waals surface area contributed by atoms with E-state index in [0.29, 0.717) is 19.0 Å². The van der Waals surface area contributed by atoms with Gasteiger partial charge in [-0.3, -0.25) is 0 Å². The minimum atomic E-state index is 0.596. The fourth-order valence-corrected chi connectivity index (χ4v) is 1.92. The Bertz CT molecular complexity index is 523. The topological polar surface area (TPSA) is 48.1 Å². The molecule has 3 rings (SSSR count). The zero-order chi connectivity index (χ0) is 11.5. The van der Waals surface area contributed by atoms with Gasteiger partial charge in [-0.25, -0.2) is 4.98 Å². The number of para-hydroxylation sites is 1. The summed E-state index contributed by atoms with van der Waals surface area (Å²) in [4.78, 5) is 4.35. The largest absolute Gasteiger partial charge is 0.383 e. The van der Waals surface area contributed by atoms with Crippen LogP contribution in [0.25, 0.3) is 10.9 Å². The Kier molecular flexibility index (Phi) is 2.88. The molecular weight excluding hydrogens is 200 g/mol. The van der Waals surface area contributed by atoms with Crippen LogP contribution in [0.4, 0.5) is 5.82 Å². The van der Waals surface area contributed by atoms with Gasteiger partial charge < -0.3 is 10.5 Å². The minimum absolute atomic E-state index is 0.596. The third-order valence-corrected chi connectivity index (χ3v) is 2.64. The number of nitrogen functional groups attached to an aromatic ring is 1. The number of nitrogens with zero attached hydrogens (tertiary/aromatic N) is 1. The maximum atomic E-state index is 5.85. The molecule has 2 heterocycles. The van der Waals surface area contributed by atoms with Gasteiger partial charge in [0.1, 0.15) is 5.82 Å². The lowest BCUT2D eigenvalue weighted by molar-refractivity contribution is 0.135. The van der Waals surface area contributed by atoms with Gasteiger partial charge in [-0.2, -0.15) is 0 Å². The van der Waals surface area contributed by atoms with E-state index in [1.165, 1.54) is 5.56 Å². The van der Waals surface area contributed by atoms with Crippen LogP contribution < -0.4 is 5.73 Å². The fraction of sp³-hybridized carbons (Fsp3) is 0.154. The molecule has 1 aromatic heterocycles. The second kappa shape index (κ2) is 4.33. The molecule has 0 aliphatic carbocycles. The van der Waals surface area contributed by atoms with Crippen molar-refractivity contribution in [1.82, 2.24) is 4.98 Å². The van der Waals surface area contributed by atoms with Crippen LogP contribution in [0.5, 0.6) is 0 Å². The number of hydrogen-bond donors (Lipinski definition) is 1. The van der Waals surface area contributed by atoms with E-state index in [-0.39, 0.29) is 0 Å². The Balaban J connectivity index is 0.000000457. The van der Waals surface area contributed by atoms with Gasteiger partial charge in [-0.05, 0) is 11.6 Å². The second-order valence-corrected chi connectivity index (χ2v) is 3.46. The number of ether oxygens (including phenoxy) is 1. The number of anilines is 1. The summed E-state index contributed by atoms with van der Waals surface area (Å²) in [5.74, 6) is 0.608. The molecule has 0 fully saturated rings. The molecule has 2 aromatic rings. The molecule has 82 valence electrons. The number of hydrogen-bond acceptors (Lipinski definition) is 3. The van der Waals surface area contributed by atoms with Crippen LogP contribution in [-0.4, -0.2) is 4.98 Å². The first-order valence-corrected chi connectivity index (χ1v) is 5.10. The van der Waals surface area contributed by atoms with Crippen molar-refractivity contribution >= 4 is 16.7 Å². The van der Waals surface area contributed by atoms with Crippen LogP contribution in [0.2, 0.25) is 0 Å². The van der Waals surface area contributed by atoms with E-state index in [2.05, 4.69) is 24.2 Å². The predicted octanol–water partition coefficient (Wildman–Crippen LogP) is 2.65. The van der Waals surface area contributed by atoms with E-state index in [1.807, 2.05) is 18.2 Å². The quantitative estimate of drug-likeness (QED) is 0.686. The molecule has 3 nitrogen and oxygen atoms in total. The van der Waals surface area contributed by atoms with Crippen molar-refractivity contribution in [1.29, 1.82) is 0 Å². The standard InChI is InChI=1S/C11H10N2O.C2H4/c12-11-9-6-14-5-8(9)7-3-1-2-4-10(7)13-11;1-2/h1-4H,5-6H2,(H2,12,13);1-2H2. The Hall–Kier alpha value is -1.87. The van der Waals surface area contributed by atoms with Crippen LogP contribution in [0.3, 0.4) is 0 Å². The molecular formula is C13H14N2O. The first kappa shape index (κ1) is 10.6. The molecule has 1 aromatic carbocycles. The summed E-state index contributed by atoms with van der Waals surface area (Å²) in [6.45, 7) is 7.25. The van der Waals surface area contributed by atoms with Crippen molar-refractivity contribution in [2.24, 2.45) is 0 Å². The Labute approximate surface area is 94.6 Å². The molecule has 1 aliphatic rings. The molecule has 0 bridgehead atoms. The van der Waals surface area contributed by atoms with E-state index in [1.54, 1.807) is 0 Å². The molecule has 2 N–H and O–H groups in total. The van der Waals surface area contributed by atoms with E-state index < -0.39 is 0 Å². The molecule has 0 unspecified atom stereocenters. The third-order valence-electron chi connectivity index (χ3n) is 2.64. The van der Waals surface area contributed by atoms with Crippen LogP contribution in [0.1, 0.15) is 11.1 Å². The van der Waals surface area contributed by atoms with Gasteiger partial charge in [0.15, 0.2) is 0 Å². The van der Waals surface area contributed by atoms with Gasteiger partial charge in [0, 0.05) is 10.9 Å². The van der Waals surface area contributed by atoms with Crippen molar-refractivity contribution in [3.8, 4) is 0 Å². The van der Waals surface area contributed by atoms with Crippen molar-refractivity contribution < 1.29 is 4.74 Å². The highest BCUT2D eigenvalue weighted by atomic mass is 16.5. The van der Waals surface area contributed by atoms with Gasteiger partial charge >= 0.3 is 0 Å². The lowest BCUT2D eigenvalue weighted by Crippen LogP contribution is -1.98. The minimum Gasteiger partial charge on any atom is -0.383 e. The predicted molar refractivity (Wildman–Crippen MR) is 65.9 cm³/mol. The van der Waals surface area contributed by atoms with Gasteiger partial charge in [-0.15, -0.1) is 13.2 Å². The van der Waals surface area contributed by atoms with E-state index in [9.17, 15) is 0 Å². The summed E-state index contributed by atoms with van der Waals surface area (Å²) in [6, 6.07) is 8.02. The molecule has 0 radical (unpaired) electrons. The first-order valence-electron chi connectivity index (χ1n) is 5.10. The average Bonchev–Trinajstić information content (AvgIpc) is 2.82. The highest BCUT2D eigenvalue weighted by Gasteiger charge is 2.18. The first-order chi connectivity index (χ1) is 7.86. The van der Waals surface area contributed by atoms with Gasteiger partial charge in [0.05, 0.1) is 18.7 Å². The van der Waals surface area contributed by atoms with Crippen molar-refractivity contribution in [2.75, 3.05) is 5.73 Å². The van der Waals surface area contributed by atoms with Crippen LogP contribution >= 0.6 is 0 Å². The summed E-state index contributed by atoms with van der Waals surface area (Å²) in [5, 5.41) is 1.16. The molecule has 0 saturated heterocycles. The Morgan fingerprint density at radius 3 is 2.62 bits per heavy atom. The SMILES string of the molecule is C=C.Nc1nc2ccccc2c2c1COC2.